The summed E-state index contributed by atoms with van der Waals surface area (Å²) in [6.45, 7) is 12.1. The summed E-state index contributed by atoms with van der Waals surface area (Å²) >= 11 is 6.49. The van der Waals surface area contributed by atoms with Crippen molar-refractivity contribution in [2.75, 3.05) is 23.7 Å². The third-order valence-electron chi connectivity index (χ3n) is 9.84. The number of aryl methyl sites for hydroxylation is 1. The van der Waals surface area contributed by atoms with Gasteiger partial charge in [-0.1, -0.05) is 48.0 Å². The molecule has 1 atom stereocenters. The van der Waals surface area contributed by atoms with Gasteiger partial charge < -0.3 is 15.4 Å². The first-order valence-corrected chi connectivity index (χ1v) is 20.1. The minimum absolute atomic E-state index is 0.0721. The van der Waals surface area contributed by atoms with Crippen LogP contribution >= 0.6 is 11.6 Å². The third kappa shape index (κ3) is 9.00. The molecule has 2 saturated heterocycles. The second-order valence-electron chi connectivity index (χ2n) is 14.4. The Morgan fingerprint density at radius 1 is 0.962 bits per heavy atom. The summed E-state index contributed by atoms with van der Waals surface area (Å²) in [5.41, 5.74) is 5.63. The number of hydrogen-bond donors (Lipinski definition) is 3. The van der Waals surface area contributed by atoms with Gasteiger partial charge in [-0.15, -0.1) is 0 Å². The summed E-state index contributed by atoms with van der Waals surface area (Å²) in [4.78, 5) is 35.5. The Kier molecular flexibility index (Phi) is 11.7. The lowest BCUT2D eigenvalue weighted by atomic mass is 9.86. The number of benzene rings is 3. The fraction of sp³-hybridized carbons (Fsp3) is 0.400. The molecule has 6 rings (SSSR count). The van der Waals surface area contributed by atoms with E-state index in [2.05, 4.69) is 62.0 Å². The Balaban J connectivity index is 1.14. The van der Waals surface area contributed by atoms with Gasteiger partial charge in [0.2, 0.25) is 17.8 Å². The topological polar surface area (TPSA) is 143 Å². The number of halogens is 1. The second kappa shape index (κ2) is 16.2. The van der Waals surface area contributed by atoms with E-state index in [0.717, 1.165) is 43.6 Å². The van der Waals surface area contributed by atoms with Crippen LogP contribution in [0.2, 0.25) is 5.02 Å². The van der Waals surface area contributed by atoms with Gasteiger partial charge in [-0.05, 0) is 119 Å². The van der Waals surface area contributed by atoms with E-state index >= 15 is 0 Å². The Morgan fingerprint density at radius 3 is 2.36 bits per heavy atom. The summed E-state index contributed by atoms with van der Waals surface area (Å²) in [6.07, 6.45) is 4.34. The van der Waals surface area contributed by atoms with Crippen molar-refractivity contribution in [3.63, 3.8) is 0 Å². The number of carbonyl (C=O) groups excluding carboxylic acids is 2. The van der Waals surface area contributed by atoms with Gasteiger partial charge in [0.1, 0.15) is 10.8 Å². The molecule has 0 radical (unpaired) electrons. The summed E-state index contributed by atoms with van der Waals surface area (Å²) in [5.74, 6) is 0.932. The van der Waals surface area contributed by atoms with Gasteiger partial charge in [-0.2, -0.15) is 4.98 Å². The van der Waals surface area contributed by atoms with Crippen molar-refractivity contribution in [2.45, 2.75) is 94.9 Å². The van der Waals surface area contributed by atoms with Crippen LogP contribution < -0.4 is 20.7 Å². The van der Waals surface area contributed by atoms with Gasteiger partial charge in [0.25, 0.3) is 0 Å². The van der Waals surface area contributed by atoms with Gasteiger partial charge in [0, 0.05) is 13.0 Å². The molecule has 3 heterocycles. The van der Waals surface area contributed by atoms with Crippen LogP contribution in [-0.4, -0.2) is 59.5 Å². The number of amides is 2. The molecule has 2 aliphatic rings. The molecule has 3 N–H and O–H groups in total. The second-order valence-corrected chi connectivity index (χ2v) is 17.3. The van der Waals surface area contributed by atoms with Crippen LogP contribution in [0.4, 0.5) is 23.1 Å². The van der Waals surface area contributed by atoms with Crippen molar-refractivity contribution in [1.82, 2.24) is 20.2 Å². The molecule has 3 aromatic carbocycles. The predicted octanol–water partition coefficient (Wildman–Crippen LogP) is 7.79. The van der Waals surface area contributed by atoms with Crippen molar-refractivity contribution in [2.24, 2.45) is 0 Å². The standard InChI is InChI=1S/C40H47ClN6O5S/c1-24(2)52-35-21-31(29-16-18-47(19-17-29)23-27-10-12-28(13-11-27)30-14-15-37(48)45-39(30)49)26(5)20-34(35)44-40-42-22-32(41)38(46-40)43-33-8-6-7-9-36(33)53(50,51)25(3)4/h6-13,20-22,24-25,29-30H,14-19,23H2,1-5H3,(H,45,48,49)(H2,42,43,44,46). The molecule has 0 aliphatic carbocycles. The van der Waals surface area contributed by atoms with Crippen LogP contribution in [0.5, 0.6) is 5.75 Å². The van der Waals surface area contributed by atoms with Gasteiger partial charge in [0.15, 0.2) is 15.7 Å². The molecule has 1 aromatic heterocycles. The average molecular weight is 759 g/mol. The summed E-state index contributed by atoms with van der Waals surface area (Å²) in [5, 5.41) is 8.53. The zero-order chi connectivity index (χ0) is 37.9. The number of ether oxygens (including phenoxy) is 1. The van der Waals surface area contributed by atoms with E-state index in [0.29, 0.717) is 35.9 Å². The van der Waals surface area contributed by atoms with Gasteiger partial charge in [-0.25, -0.2) is 13.4 Å². The molecule has 2 amide bonds. The van der Waals surface area contributed by atoms with Gasteiger partial charge in [0.05, 0.1) is 39.7 Å². The lowest BCUT2D eigenvalue weighted by Crippen LogP contribution is -2.39. The summed E-state index contributed by atoms with van der Waals surface area (Å²) in [7, 11) is -3.56. The molecule has 53 heavy (non-hydrogen) atoms. The van der Waals surface area contributed by atoms with Crippen molar-refractivity contribution >= 4 is 56.4 Å². The first-order valence-electron chi connectivity index (χ1n) is 18.1. The normalized spacial score (nSPS) is 17.2. The Bertz CT molecular complexity index is 2080. The Morgan fingerprint density at radius 2 is 1.68 bits per heavy atom. The van der Waals surface area contributed by atoms with Crippen molar-refractivity contribution in [1.29, 1.82) is 0 Å². The van der Waals surface area contributed by atoms with Crippen LogP contribution in [0, 0.1) is 6.92 Å². The maximum absolute atomic E-state index is 13.0. The first-order chi connectivity index (χ1) is 25.3. The van der Waals surface area contributed by atoms with E-state index in [1.807, 2.05) is 26.0 Å². The number of sulfone groups is 1. The van der Waals surface area contributed by atoms with Crippen LogP contribution in [0.3, 0.4) is 0 Å². The number of rotatable bonds is 12. The number of imide groups is 1. The predicted molar refractivity (Wildman–Crippen MR) is 208 cm³/mol. The summed E-state index contributed by atoms with van der Waals surface area (Å²) in [6, 6.07) is 19.1. The molecule has 0 bridgehead atoms. The number of anilines is 4. The summed E-state index contributed by atoms with van der Waals surface area (Å²) < 4.78 is 32.4. The van der Waals surface area contributed by atoms with E-state index in [9.17, 15) is 18.0 Å². The fourth-order valence-corrected chi connectivity index (χ4v) is 8.29. The number of para-hydroxylation sites is 1. The molecule has 2 fully saturated rings. The highest BCUT2D eigenvalue weighted by atomic mass is 35.5. The lowest BCUT2D eigenvalue weighted by Gasteiger charge is -2.33. The molecular weight excluding hydrogens is 712 g/mol. The fourth-order valence-electron chi connectivity index (χ4n) is 6.95. The van der Waals surface area contributed by atoms with Gasteiger partial charge in [-0.3, -0.25) is 19.8 Å². The van der Waals surface area contributed by atoms with Crippen LogP contribution in [0.25, 0.3) is 0 Å². The smallest absolute Gasteiger partial charge is 0.234 e. The molecule has 13 heteroatoms. The van der Waals surface area contributed by atoms with Crippen LogP contribution in [0.15, 0.2) is 71.8 Å². The molecule has 0 saturated carbocycles. The third-order valence-corrected chi connectivity index (χ3v) is 12.3. The van der Waals surface area contributed by atoms with E-state index in [1.54, 1.807) is 38.1 Å². The quantitative estimate of drug-likeness (QED) is 0.123. The van der Waals surface area contributed by atoms with Crippen LogP contribution in [-0.2, 0) is 26.0 Å². The average Bonchev–Trinajstić information content (AvgIpc) is 3.11. The van der Waals surface area contributed by atoms with E-state index in [-0.39, 0.29) is 45.5 Å². The Labute approximate surface area is 316 Å². The molecule has 0 spiro atoms. The molecular formula is C40H47ClN6O5S. The maximum Gasteiger partial charge on any atom is 0.234 e. The lowest BCUT2D eigenvalue weighted by molar-refractivity contribution is -0.134. The largest absolute Gasteiger partial charge is 0.489 e. The number of aromatic nitrogens is 2. The van der Waals surface area contributed by atoms with Crippen LogP contribution in [0.1, 0.15) is 87.5 Å². The van der Waals surface area contributed by atoms with Crippen molar-refractivity contribution in [3.8, 4) is 5.75 Å². The highest BCUT2D eigenvalue weighted by molar-refractivity contribution is 7.92. The SMILES string of the molecule is Cc1cc(Nc2ncc(Cl)c(Nc3ccccc3S(=O)(=O)C(C)C)n2)c(OC(C)C)cc1C1CCN(Cc2ccc(C3CCC(=O)NC3=O)cc2)CC1. The minimum atomic E-state index is -3.56. The number of nitrogens with zero attached hydrogens (tertiary/aromatic N) is 3. The van der Waals surface area contributed by atoms with Crippen molar-refractivity contribution in [3.05, 3.63) is 94.1 Å². The zero-order valence-corrected chi connectivity index (χ0v) is 32.4. The number of nitrogens with one attached hydrogen (secondary N) is 3. The molecule has 280 valence electrons. The molecule has 4 aromatic rings. The monoisotopic (exact) mass is 758 g/mol. The van der Waals surface area contributed by atoms with E-state index in [1.165, 1.54) is 17.3 Å². The maximum atomic E-state index is 13.0. The number of carbonyl (C=O) groups is 2. The van der Waals surface area contributed by atoms with E-state index < -0.39 is 15.1 Å². The number of hydrogen-bond acceptors (Lipinski definition) is 10. The highest BCUT2D eigenvalue weighted by Gasteiger charge is 2.29. The molecule has 1 unspecified atom stereocenters. The first kappa shape index (κ1) is 38.2. The van der Waals surface area contributed by atoms with Crippen molar-refractivity contribution < 1.29 is 22.7 Å². The molecule has 11 nitrogen and oxygen atoms in total. The minimum Gasteiger partial charge on any atom is -0.489 e. The highest BCUT2D eigenvalue weighted by Crippen LogP contribution is 2.39. The van der Waals surface area contributed by atoms with Gasteiger partial charge >= 0.3 is 0 Å². The number of likely N-dealkylation sites (tertiary alicyclic amines) is 1. The molecule has 2 aliphatic heterocycles. The number of piperidine rings is 2. The zero-order valence-electron chi connectivity index (χ0n) is 30.8. The Hall–Kier alpha value is -4.52. The van der Waals surface area contributed by atoms with E-state index in [4.69, 9.17) is 16.3 Å².